The molecule has 0 bridgehead atoms. The summed E-state index contributed by atoms with van der Waals surface area (Å²) in [6.45, 7) is 2.56. The molecule has 1 aliphatic carbocycles. The summed E-state index contributed by atoms with van der Waals surface area (Å²) in [7, 11) is 4.15. The Kier molecular flexibility index (Phi) is 4.73. The Labute approximate surface area is 140 Å². The zero-order valence-electron chi connectivity index (χ0n) is 13.7. The molecule has 1 N–H and O–H groups in total. The number of hydrogen-bond donors (Lipinski definition) is 1. The number of rotatable bonds is 6. The molecule has 2 heterocycles. The number of aryl methyl sites for hydroxylation is 1. The van der Waals surface area contributed by atoms with E-state index in [-0.39, 0.29) is 5.91 Å². The van der Waals surface area contributed by atoms with Gasteiger partial charge in [-0.2, -0.15) is 0 Å². The van der Waals surface area contributed by atoms with Gasteiger partial charge in [-0.25, -0.2) is 4.98 Å². The Hall–Kier alpha value is -1.79. The number of likely N-dealkylation sites (N-methyl/N-ethyl adjacent to an activating group) is 1. The van der Waals surface area contributed by atoms with Crippen molar-refractivity contribution in [2.75, 3.05) is 20.6 Å². The van der Waals surface area contributed by atoms with Crippen LogP contribution < -0.4 is 5.32 Å². The Morgan fingerprint density at radius 1 is 1.43 bits per heavy atom. The zero-order valence-corrected chi connectivity index (χ0v) is 14.6. The minimum absolute atomic E-state index is 0.0327. The maximum absolute atomic E-state index is 12.5. The summed E-state index contributed by atoms with van der Waals surface area (Å²) >= 11 is 1.41. The average molecular weight is 330 g/mol. The van der Waals surface area contributed by atoms with E-state index in [4.69, 9.17) is 0 Å². The summed E-state index contributed by atoms with van der Waals surface area (Å²) in [6, 6.07) is 6.13. The first kappa shape index (κ1) is 16.1. The van der Waals surface area contributed by atoms with Gasteiger partial charge in [-0.15, -0.1) is 11.3 Å². The maximum Gasteiger partial charge on any atom is 0.263 e. The fraction of sp³-hybridized carbons (Fsp3) is 0.471. The minimum Gasteiger partial charge on any atom is -0.350 e. The number of aromatic nitrogens is 2. The third kappa shape index (κ3) is 3.76. The standard InChI is InChI=1S/C17H22N4OS/c1-11-15(23-17(20-11)13-6-4-5-9-18-13)16(22)19-10-14(21(2)3)12-7-8-12/h4-6,9,12,14H,7-8,10H2,1-3H3,(H,19,22)/t14-/m1/s1. The van der Waals surface area contributed by atoms with E-state index in [0.29, 0.717) is 17.5 Å². The molecule has 0 saturated heterocycles. The number of nitrogens with zero attached hydrogens (tertiary/aromatic N) is 3. The highest BCUT2D eigenvalue weighted by molar-refractivity contribution is 7.17. The fourth-order valence-electron chi connectivity index (χ4n) is 2.74. The molecule has 0 spiro atoms. The molecule has 5 nitrogen and oxygen atoms in total. The molecular weight excluding hydrogens is 308 g/mol. The molecule has 3 rings (SSSR count). The van der Waals surface area contributed by atoms with Gasteiger partial charge in [0.1, 0.15) is 9.88 Å². The van der Waals surface area contributed by atoms with E-state index in [1.165, 1.54) is 24.2 Å². The van der Waals surface area contributed by atoms with E-state index in [2.05, 4.69) is 34.3 Å². The molecule has 2 aromatic rings. The van der Waals surface area contributed by atoms with Gasteiger partial charge in [-0.1, -0.05) is 6.07 Å². The van der Waals surface area contributed by atoms with Gasteiger partial charge < -0.3 is 10.2 Å². The molecule has 1 aliphatic rings. The van der Waals surface area contributed by atoms with Crippen LogP contribution in [-0.2, 0) is 0 Å². The van der Waals surface area contributed by atoms with E-state index < -0.39 is 0 Å². The Bertz CT molecular complexity index is 677. The second kappa shape index (κ2) is 6.76. The van der Waals surface area contributed by atoms with Crippen LogP contribution in [0.1, 0.15) is 28.2 Å². The van der Waals surface area contributed by atoms with Gasteiger partial charge in [-0.05, 0) is 51.9 Å². The van der Waals surface area contributed by atoms with Crippen LogP contribution in [0.4, 0.5) is 0 Å². The second-order valence-corrected chi connectivity index (χ2v) is 7.23. The molecule has 0 aromatic carbocycles. The van der Waals surface area contributed by atoms with Crippen molar-refractivity contribution in [1.82, 2.24) is 20.2 Å². The fourth-order valence-corrected chi connectivity index (χ4v) is 3.69. The van der Waals surface area contributed by atoms with Crippen molar-refractivity contribution in [3.05, 3.63) is 35.0 Å². The van der Waals surface area contributed by atoms with Crippen molar-refractivity contribution in [1.29, 1.82) is 0 Å². The quantitative estimate of drug-likeness (QED) is 0.884. The van der Waals surface area contributed by atoms with Crippen LogP contribution >= 0.6 is 11.3 Å². The van der Waals surface area contributed by atoms with Crippen molar-refractivity contribution in [2.45, 2.75) is 25.8 Å². The molecule has 1 fully saturated rings. The number of pyridine rings is 1. The lowest BCUT2D eigenvalue weighted by Gasteiger charge is -2.24. The van der Waals surface area contributed by atoms with Gasteiger partial charge in [0, 0.05) is 18.8 Å². The van der Waals surface area contributed by atoms with Crippen molar-refractivity contribution in [3.63, 3.8) is 0 Å². The predicted octanol–water partition coefficient (Wildman–Crippen LogP) is 2.58. The van der Waals surface area contributed by atoms with Crippen molar-refractivity contribution in [3.8, 4) is 10.7 Å². The smallest absolute Gasteiger partial charge is 0.263 e. The second-order valence-electron chi connectivity index (χ2n) is 6.23. The molecule has 23 heavy (non-hydrogen) atoms. The van der Waals surface area contributed by atoms with Crippen LogP contribution in [0.3, 0.4) is 0 Å². The highest BCUT2D eigenvalue weighted by Gasteiger charge is 2.32. The Morgan fingerprint density at radius 3 is 2.83 bits per heavy atom. The summed E-state index contributed by atoms with van der Waals surface area (Å²) in [6.07, 6.45) is 4.27. The number of amides is 1. The molecule has 1 atom stereocenters. The monoisotopic (exact) mass is 330 g/mol. The third-order valence-electron chi connectivity index (χ3n) is 4.19. The van der Waals surface area contributed by atoms with E-state index in [1.807, 2.05) is 25.1 Å². The van der Waals surface area contributed by atoms with E-state index >= 15 is 0 Å². The van der Waals surface area contributed by atoms with Crippen LogP contribution in [0.15, 0.2) is 24.4 Å². The highest BCUT2D eigenvalue weighted by Crippen LogP contribution is 2.34. The number of carbonyl (C=O) groups excluding carboxylic acids is 1. The molecule has 122 valence electrons. The van der Waals surface area contributed by atoms with Crippen molar-refractivity contribution in [2.24, 2.45) is 5.92 Å². The van der Waals surface area contributed by atoms with Gasteiger partial charge in [0.05, 0.1) is 11.4 Å². The molecule has 1 amide bonds. The normalized spacial score (nSPS) is 15.7. The van der Waals surface area contributed by atoms with Crippen molar-refractivity contribution >= 4 is 17.2 Å². The predicted molar refractivity (Wildman–Crippen MR) is 92.6 cm³/mol. The Morgan fingerprint density at radius 2 is 2.22 bits per heavy atom. The minimum atomic E-state index is -0.0327. The summed E-state index contributed by atoms with van der Waals surface area (Å²) < 4.78 is 0. The molecule has 0 aliphatic heterocycles. The van der Waals surface area contributed by atoms with Crippen LogP contribution in [0.2, 0.25) is 0 Å². The summed E-state index contributed by atoms with van der Waals surface area (Å²) in [5.74, 6) is 0.687. The first-order chi connectivity index (χ1) is 11.1. The van der Waals surface area contributed by atoms with Crippen LogP contribution in [0.5, 0.6) is 0 Å². The lowest BCUT2D eigenvalue weighted by molar-refractivity contribution is 0.0942. The summed E-state index contributed by atoms with van der Waals surface area (Å²) in [5, 5.41) is 3.87. The molecule has 1 saturated carbocycles. The topological polar surface area (TPSA) is 58.1 Å². The molecule has 6 heteroatoms. The van der Waals surface area contributed by atoms with Crippen molar-refractivity contribution < 1.29 is 4.79 Å². The van der Waals surface area contributed by atoms with Gasteiger partial charge in [-0.3, -0.25) is 9.78 Å². The zero-order chi connectivity index (χ0) is 16.4. The Balaban J connectivity index is 1.69. The van der Waals surface area contributed by atoms with Crippen LogP contribution in [-0.4, -0.2) is 47.5 Å². The van der Waals surface area contributed by atoms with Crippen LogP contribution in [0.25, 0.3) is 10.7 Å². The molecule has 0 unspecified atom stereocenters. The number of nitrogens with one attached hydrogen (secondary N) is 1. The number of thiazole rings is 1. The maximum atomic E-state index is 12.5. The molecule has 2 aromatic heterocycles. The lowest BCUT2D eigenvalue weighted by Crippen LogP contribution is -2.41. The van der Waals surface area contributed by atoms with Gasteiger partial charge in [0.25, 0.3) is 5.91 Å². The largest absolute Gasteiger partial charge is 0.350 e. The average Bonchev–Trinajstić information content (AvgIpc) is 3.29. The SMILES string of the molecule is Cc1nc(-c2ccccn2)sc1C(=O)NC[C@H](C1CC1)N(C)C. The summed E-state index contributed by atoms with van der Waals surface area (Å²) in [5.41, 5.74) is 1.57. The van der Waals surface area contributed by atoms with E-state index in [9.17, 15) is 4.79 Å². The van der Waals surface area contributed by atoms with Gasteiger partial charge in [0.2, 0.25) is 0 Å². The third-order valence-corrected chi connectivity index (χ3v) is 5.37. The first-order valence-corrected chi connectivity index (χ1v) is 8.71. The van der Waals surface area contributed by atoms with Crippen LogP contribution in [0, 0.1) is 12.8 Å². The number of hydrogen-bond acceptors (Lipinski definition) is 5. The lowest BCUT2D eigenvalue weighted by atomic mass is 10.1. The first-order valence-electron chi connectivity index (χ1n) is 7.89. The number of carbonyl (C=O) groups is 1. The van der Waals surface area contributed by atoms with E-state index in [1.54, 1.807) is 6.20 Å². The molecule has 0 radical (unpaired) electrons. The molecular formula is C17H22N4OS. The van der Waals surface area contributed by atoms with Gasteiger partial charge >= 0.3 is 0 Å². The van der Waals surface area contributed by atoms with E-state index in [0.717, 1.165) is 22.3 Å². The highest BCUT2D eigenvalue weighted by atomic mass is 32.1. The van der Waals surface area contributed by atoms with Gasteiger partial charge in [0.15, 0.2) is 0 Å². The summed E-state index contributed by atoms with van der Waals surface area (Å²) in [4.78, 5) is 24.2.